The van der Waals surface area contributed by atoms with Gasteiger partial charge in [-0.1, -0.05) is 0 Å². The van der Waals surface area contributed by atoms with E-state index in [1.165, 1.54) is 15.3 Å². The highest BCUT2D eigenvalue weighted by molar-refractivity contribution is 7.12. The van der Waals surface area contributed by atoms with E-state index in [4.69, 9.17) is 4.74 Å². The second-order valence-electron chi connectivity index (χ2n) is 3.89. The van der Waals surface area contributed by atoms with Crippen LogP contribution in [0.25, 0.3) is 0 Å². The number of hydrogen-bond acceptors (Lipinski definition) is 4. The van der Waals surface area contributed by atoms with Crippen LogP contribution >= 0.6 is 11.3 Å². The van der Waals surface area contributed by atoms with Gasteiger partial charge in [0.25, 0.3) is 0 Å². The molecular formula is C13H16N2OS. The molecule has 0 radical (unpaired) electrons. The minimum Gasteiger partial charge on any atom is -0.495 e. The van der Waals surface area contributed by atoms with E-state index < -0.39 is 0 Å². The fraction of sp³-hybridized carbons (Fsp3) is 0.308. The summed E-state index contributed by atoms with van der Waals surface area (Å²) >= 11 is 1.83. The molecule has 3 nitrogen and oxygen atoms in total. The smallest absolute Gasteiger partial charge is 0.137 e. The van der Waals surface area contributed by atoms with Gasteiger partial charge in [-0.15, -0.1) is 11.3 Å². The number of ether oxygens (including phenoxy) is 1. The number of pyridine rings is 1. The molecule has 0 amide bonds. The first-order valence-electron chi connectivity index (χ1n) is 5.49. The van der Waals surface area contributed by atoms with Crippen LogP contribution in [0.1, 0.15) is 15.3 Å². The highest BCUT2D eigenvalue weighted by Gasteiger charge is 2.01. The Morgan fingerprint density at radius 1 is 1.35 bits per heavy atom. The molecule has 4 heteroatoms. The van der Waals surface area contributed by atoms with Crippen molar-refractivity contribution in [2.75, 3.05) is 12.4 Å². The Morgan fingerprint density at radius 3 is 2.71 bits per heavy atom. The van der Waals surface area contributed by atoms with Gasteiger partial charge in [-0.3, -0.25) is 0 Å². The van der Waals surface area contributed by atoms with Gasteiger partial charge in [-0.05, 0) is 37.6 Å². The Balaban J connectivity index is 1.97. The van der Waals surface area contributed by atoms with Gasteiger partial charge in [-0.2, -0.15) is 0 Å². The average molecular weight is 248 g/mol. The lowest BCUT2D eigenvalue weighted by atomic mass is 10.3. The van der Waals surface area contributed by atoms with Gasteiger partial charge in [0, 0.05) is 9.75 Å². The van der Waals surface area contributed by atoms with E-state index in [9.17, 15) is 0 Å². The SMILES string of the molecule is COc1ccc(NCc2cc(C)c(C)s2)nc1. The number of nitrogens with one attached hydrogen (secondary N) is 1. The average Bonchev–Trinajstić information content (AvgIpc) is 2.67. The lowest BCUT2D eigenvalue weighted by Crippen LogP contribution is -1.99. The summed E-state index contributed by atoms with van der Waals surface area (Å²) in [6.45, 7) is 5.11. The van der Waals surface area contributed by atoms with Crippen LogP contribution in [-0.2, 0) is 6.54 Å². The molecule has 17 heavy (non-hydrogen) atoms. The number of anilines is 1. The molecule has 0 saturated heterocycles. The van der Waals surface area contributed by atoms with Crippen molar-refractivity contribution in [2.24, 2.45) is 0 Å². The predicted molar refractivity (Wildman–Crippen MR) is 71.9 cm³/mol. The van der Waals surface area contributed by atoms with Gasteiger partial charge in [0.1, 0.15) is 11.6 Å². The van der Waals surface area contributed by atoms with Crippen molar-refractivity contribution in [3.8, 4) is 5.75 Å². The summed E-state index contributed by atoms with van der Waals surface area (Å²) in [5.74, 6) is 1.65. The lowest BCUT2D eigenvalue weighted by Gasteiger charge is -2.04. The molecule has 0 spiro atoms. The van der Waals surface area contributed by atoms with Crippen molar-refractivity contribution in [3.05, 3.63) is 39.7 Å². The maximum Gasteiger partial charge on any atom is 0.137 e. The van der Waals surface area contributed by atoms with E-state index >= 15 is 0 Å². The van der Waals surface area contributed by atoms with Gasteiger partial charge < -0.3 is 10.1 Å². The van der Waals surface area contributed by atoms with Crippen molar-refractivity contribution >= 4 is 17.2 Å². The van der Waals surface area contributed by atoms with E-state index in [-0.39, 0.29) is 0 Å². The van der Waals surface area contributed by atoms with Crippen molar-refractivity contribution in [1.82, 2.24) is 4.98 Å². The van der Waals surface area contributed by atoms with Crippen LogP contribution in [-0.4, -0.2) is 12.1 Å². The first kappa shape index (κ1) is 11.9. The highest BCUT2D eigenvalue weighted by Crippen LogP contribution is 2.21. The van der Waals surface area contributed by atoms with Gasteiger partial charge in [0.05, 0.1) is 19.9 Å². The highest BCUT2D eigenvalue weighted by atomic mass is 32.1. The minimum atomic E-state index is 0.776. The summed E-state index contributed by atoms with van der Waals surface area (Å²) < 4.78 is 5.06. The largest absolute Gasteiger partial charge is 0.495 e. The second-order valence-corrected chi connectivity index (χ2v) is 5.23. The molecule has 0 fully saturated rings. The van der Waals surface area contributed by atoms with E-state index in [1.807, 2.05) is 23.5 Å². The number of nitrogens with zero attached hydrogens (tertiary/aromatic N) is 1. The lowest BCUT2D eigenvalue weighted by molar-refractivity contribution is 0.413. The molecule has 2 rings (SSSR count). The Kier molecular flexibility index (Phi) is 3.64. The molecule has 2 heterocycles. The topological polar surface area (TPSA) is 34.1 Å². The van der Waals surface area contributed by atoms with Crippen LogP contribution in [0, 0.1) is 13.8 Å². The van der Waals surface area contributed by atoms with E-state index in [0.29, 0.717) is 0 Å². The molecule has 1 N–H and O–H groups in total. The second kappa shape index (κ2) is 5.19. The fourth-order valence-corrected chi connectivity index (χ4v) is 2.51. The van der Waals surface area contributed by atoms with Crippen LogP contribution in [0.5, 0.6) is 5.75 Å². The van der Waals surface area contributed by atoms with Gasteiger partial charge in [0.2, 0.25) is 0 Å². The van der Waals surface area contributed by atoms with Crippen LogP contribution in [0.2, 0.25) is 0 Å². The van der Waals surface area contributed by atoms with E-state index in [1.54, 1.807) is 13.3 Å². The maximum atomic E-state index is 5.06. The summed E-state index contributed by atoms with van der Waals surface area (Å²) in [5.41, 5.74) is 1.36. The van der Waals surface area contributed by atoms with Gasteiger partial charge in [-0.25, -0.2) is 4.98 Å². The zero-order chi connectivity index (χ0) is 12.3. The van der Waals surface area contributed by atoms with Crippen molar-refractivity contribution in [1.29, 1.82) is 0 Å². The third-order valence-corrected chi connectivity index (χ3v) is 3.79. The standard InChI is InChI=1S/C13H16N2OS/c1-9-6-12(17-10(9)2)8-15-13-5-4-11(16-3)7-14-13/h4-7H,8H2,1-3H3,(H,14,15). The number of hydrogen-bond donors (Lipinski definition) is 1. The minimum absolute atomic E-state index is 0.776. The number of rotatable bonds is 4. The van der Waals surface area contributed by atoms with Gasteiger partial charge >= 0.3 is 0 Å². The molecule has 0 atom stereocenters. The molecule has 0 unspecified atom stereocenters. The molecular weight excluding hydrogens is 232 g/mol. The van der Waals surface area contributed by atoms with Crippen LogP contribution in [0.4, 0.5) is 5.82 Å². The molecule has 0 aliphatic carbocycles. The molecule has 0 aromatic carbocycles. The first-order valence-corrected chi connectivity index (χ1v) is 6.30. The number of aryl methyl sites for hydroxylation is 2. The number of methoxy groups -OCH3 is 1. The summed E-state index contributed by atoms with van der Waals surface area (Å²) in [5, 5.41) is 3.30. The Hall–Kier alpha value is -1.55. The Labute approximate surface area is 105 Å². The zero-order valence-corrected chi connectivity index (χ0v) is 11.1. The number of thiophene rings is 1. The predicted octanol–water partition coefficient (Wildman–Crippen LogP) is 3.38. The third-order valence-electron chi connectivity index (χ3n) is 2.63. The molecule has 2 aromatic heterocycles. The molecule has 2 aromatic rings. The van der Waals surface area contributed by atoms with E-state index in [0.717, 1.165) is 18.1 Å². The fourth-order valence-electron chi connectivity index (χ4n) is 1.52. The maximum absolute atomic E-state index is 5.06. The summed E-state index contributed by atoms with van der Waals surface area (Å²) in [4.78, 5) is 6.97. The van der Waals surface area contributed by atoms with Crippen molar-refractivity contribution in [2.45, 2.75) is 20.4 Å². The quantitative estimate of drug-likeness (QED) is 0.900. The van der Waals surface area contributed by atoms with Crippen molar-refractivity contribution < 1.29 is 4.74 Å². The van der Waals surface area contributed by atoms with Crippen LogP contribution in [0.3, 0.4) is 0 Å². The molecule has 90 valence electrons. The molecule has 0 bridgehead atoms. The number of aromatic nitrogens is 1. The Bertz CT molecular complexity index is 471. The van der Waals surface area contributed by atoms with E-state index in [2.05, 4.69) is 30.2 Å². The summed E-state index contributed by atoms with van der Waals surface area (Å²) in [6, 6.07) is 6.04. The monoisotopic (exact) mass is 248 g/mol. The third kappa shape index (κ3) is 2.97. The zero-order valence-electron chi connectivity index (χ0n) is 10.3. The first-order chi connectivity index (χ1) is 8.19. The molecule has 0 aliphatic rings. The summed E-state index contributed by atoms with van der Waals surface area (Å²) in [6.07, 6.45) is 1.72. The van der Waals surface area contributed by atoms with Crippen LogP contribution in [0.15, 0.2) is 24.4 Å². The van der Waals surface area contributed by atoms with Crippen LogP contribution < -0.4 is 10.1 Å². The summed E-state index contributed by atoms with van der Waals surface area (Å²) in [7, 11) is 1.64. The molecule has 0 aliphatic heterocycles. The molecule has 0 saturated carbocycles. The normalized spacial score (nSPS) is 10.3. The van der Waals surface area contributed by atoms with Crippen molar-refractivity contribution in [3.63, 3.8) is 0 Å². The Morgan fingerprint density at radius 2 is 2.18 bits per heavy atom. The van der Waals surface area contributed by atoms with Gasteiger partial charge in [0.15, 0.2) is 0 Å².